The van der Waals surface area contributed by atoms with Gasteiger partial charge >= 0.3 is 0 Å². The highest BCUT2D eigenvalue weighted by atomic mass is 16.5. The van der Waals surface area contributed by atoms with E-state index in [1.54, 1.807) is 4.90 Å². The van der Waals surface area contributed by atoms with Crippen molar-refractivity contribution in [1.29, 1.82) is 0 Å². The predicted molar refractivity (Wildman–Crippen MR) is 136 cm³/mol. The second-order valence-electron chi connectivity index (χ2n) is 8.62. The lowest BCUT2D eigenvalue weighted by Crippen LogP contribution is -2.51. The number of carbonyl (C=O) groups is 2. The Morgan fingerprint density at radius 3 is 2.06 bits per heavy atom. The van der Waals surface area contributed by atoms with Crippen LogP contribution in [-0.4, -0.2) is 35.9 Å². The molecule has 0 heterocycles. The van der Waals surface area contributed by atoms with E-state index in [2.05, 4.69) is 11.4 Å². The molecule has 178 valence electrons. The predicted octanol–water partition coefficient (Wildman–Crippen LogP) is 4.85. The molecular weight excluding hydrogens is 424 g/mol. The molecule has 0 aliphatic rings. The average molecular weight is 459 g/mol. The zero-order valence-corrected chi connectivity index (χ0v) is 20.3. The summed E-state index contributed by atoms with van der Waals surface area (Å²) >= 11 is 0. The number of benzene rings is 3. The molecule has 34 heavy (non-hydrogen) atoms. The quantitative estimate of drug-likeness (QED) is 0.447. The number of hydrogen-bond acceptors (Lipinski definition) is 3. The Morgan fingerprint density at radius 1 is 0.882 bits per heavy atom. The van der Waals surface area contributed by atoms with Gasteiger partial charge < -0.3 is 15.0 Å². The summed E-state index contributed by atoms with van der Waals surface area (Å²) in [5.41, 5.74) is 4.11. The summed E-state index contributed by atoms with van der Waals surface area (Å²) in [5, 5.41) is 2.99. The second kappa shape index (κ2) is 12.6. The van der Waals surface area contributed by atoms with Crippen LogP contribution in [0.5, 0.6) is 5.75 Å². The van der Waals surface area contributed by atoms with Gasteiger partial charge in [-0.25, -0.2) is 0 Å². The molecule has 3 rings (SSSR count). The van der Waals surface area contributed by atoms with Gasteiger partial charge in [-0.05, 0) is 54.7 Å². The Kier molecular flexibility index (Phi) is 9.27. The third-order valence-electron chi connectivity index (χ3n) is 5.57. The molecule has 5 heteroatoms. The molecule has 0 aliphatic heterocycles. The fourth-order valence-electron chi connectivity index (χ4n) is 3.94. The standard InChI is InChI=1S/C29H34N2O3/c1-4-15-30-29(33)27(19-24-11-7-5-8-12-24)31(20-25-13-9-6-10-14-25)28(32)21-34-26-17-22(2)16-23(3)18-26/h5-14,16-18,27H,4,15,19-21H2,1-3H3,(H,30,33). The first kappa shape index (κ1) is 25.0. The van der Waals surface area contributed by atoms with E-state index in [-0.39, 0.29) is 18.4 Å². The van der Waals surface area contributed by atoms with Crippen LogP contribution in [0, 0.1) is 13.8 Å². The second-order valence-corrected chi connectivity index (χ2v) is 8.62. The van der Waals surface area contributed by atoms with Crippen molar-refractivity contribution in [2.45, 2.75) is 46.2 Å². The highest BCUT2D eigenvalue weighted by Crippen LogP contribution is 2.18. The van der Waals surface area contributed by atoms with Crippen molar-refractivity contribution >= 4 is 11.8 Å². The third kappa shape index (κ3) is 7.48. The number of amides is 2. The molecule has 3 aromatic carbocycles. The number of carbonyl (C=O) groups excluding carboxylic acids is 2. The van der Waals surface area contributed by atoms with Crippen LogP contribution in [0.25, 0.3) is 0 Å². The van der Waals surface area contributed by atoms with Crippen LogP contribution in [0.2, 0.25) is 0 Å². The van der Waals surface area contributed by atoms with Crippen molar-refractivity contribution in [3.63, 3.8) is 0 Å². The van der Waals surface area contributed by atoms with Gasteiger partial charge in [-0.2, -0.15) is 0 Å². The summed E-state index contributed by atoms with van der Waals surface area (Å²) in [4.78, 5) is 28.4. The van der Waals surface area contributed by atoms with Gasteiger partial charge in [0.1, 0.15) is 11.8 Å². The Balaban J connectivity index is 1.87. The summed E-state index contributed by atoms with van der Waals surface area (Å²) < 4.78 is 5.89. The first-order chi connectivity index (χ1) is 16.5. The molecule has 3 aromatic rings. The molecule has 5 nitrogen and oxygen atoms in total. The molecule has 1 unspecified atom stereocenters. The summed E-state index contributed by atoms with van der Waals surface area (Å²) in [6.07, 6.45) is 1.25. The molecule has 0 fully saturated rings. The summed E-state index contributed by atoms with van der Waals surface area (Å²) in [6.45, 7) is 6.76. The third-order valence-corrected chi connectivity index (χ3v) is 5.57. The zero-order chi connectivity index (χ0) is 24.3. The maximum atomic E-state index is 13.5. The molecule has 0 aliphatic carbocycles. The maximum Gasteiger partial charge on any atom is 0.261 e. The SMILES string of the molecule is CCCNC(=O)C(Cc1ccccc1)N(Cc1ccccc1)C(=O)COc1cc(C)cc(C)c1. The molecule has 0 saturated carbocycles. The van der Waals surface area contributed by atoms with E-state index in [4.69, 9.17) is 4.74 Å². The minimum atomic E-state index is -0.649. The van der Waals surface area contributed by atoms with Crippen molar-refractivity contribution in [3.8, 4) is 5.75 Å². The van der Waals surface area contributed by atoms with E-state index in [0.29, 0.717) is 25.3 Å². The smallest absolute Gasteiger partial charge is 0.261 e. The number of hydrogen-bond donors (Lipinski definition) is 1. The van der Waals surface area contributed by atoms with Crippen molar-refractivity contribution in [3.05, 3.63) is 101 Å². The van der Waals surface area contributed by atoms with Crippen molar-refractivity contribution in [1.82, 2.24) is 10.2 Å². The molecule has 0 spiro atoms. The van der Waals surface area contributed by atoms with Gasteiger partial charge in [0, 0.05) is 19.5 Å². The van der Waals surface area contributed by atoms with Crippen LogP contribution >= 0.6 is 0 Å². The number of ether oxygens (including phenoxy) is 1. The first-order valence-corrected chi connectivity index (χ1v) is 11.8. The zero-order valence-electron chi connectivity index (χ0n) is 20.3. The minimum Gasteiger partial charge on any atom is -0.484 e. The van der Waals surface area contributed by atoms with E-state index in [9.17, 15) is 9.59 Å². The van der Waals surface area contributed by atoms with Crippen molar-refractivity contribution in [2.75, 3.05) is 13.2 Å². The Bertz CT molecular complexity index is 1050. The Labute approximate surface area is 202 Å². The summed E-state index contributed by atoms with van der Waals surface area (Å²) in [6, 6.07) is 24.8. The average Bonchev–Trinajstić information content (AvgIpc) is 2.84. The van der Waals surface area contributed by atoms with Gasteiger partial charge in [0.15, 0.2) is 6.61 Å². The van der Waals surface area contributed by atoms with Gasteiger partial charge in [-0.15, -0.1) is 0 Å². The van der Waals surface area contributed by atoms with Crippen LogP contribution in [-0.2, 0) is 22.6 Å². The molecule has 1 N–H and O–H groups in total. The number of rotatable bonds is 11. The highest BCUT2D eigenvalue weighted by Gasteiger charge is 2.30. The molecular formula is C29H34N2O3. The number of aryl methyl sites for hydroxylation is 2. The normalized spacial score (nSPS) is 11.5. The van der Waals surface area contributed by atoms with Crippen LogP contribution < -0.4 is 10.1 Å². The van der Waals surface area contributed by atoms with Crippen molar-refractivity contribution in [2.24, 2.45) is 0 Å². The Hall–Kier alpha value is -3.60. The van der Waals surface area contributed by atoms with E-state index >= 15 is 0 Å². The van der Waals surface area contributed by atoms with Gasteiger partial charge in [-0.3, -0.25) is 9.59 Å². The largest absolute Gasteiger partial charge is 0.484 e. The summed E-state index contributed by atoms with van der Waals surface area (Å²) in [7, 11) is 0. The number of nitrogens with one attached hydrogen (secondary N) is 1. The fourth-order valence-corrected chi connectivity index (χ4v) is 3.94. The lowest BCUT2D eigenvalue weighted by atomic mass is 10.0. The maximum absolute atomic E-state index is 13.5. The lowest BCUT2D eigenvalue weighted by molar-refractivity contribution is -0.142. The minimum absolute atomic E-state index is 0.137. The van der Waals surface area contributed by atoms with E-state index < -0.39 is 6.04 Å². The van der Waals surface area contributed by atoms with Crippen LogP contribution in [0.1, 0.15) is 35.6 Å². The highest BCUT2D eigenvalue weighted by molar-refractivity contribution is 5.88. The molecule has 0 bridgehead atoms. The van der Waals surface area contributed by atoms with Crippen molar-refractivity contribution < 1.29 is 14.3 Å². The van der Waals surface area contributed by atoms with Gasteiger partial charge in [0.2, 0.25) is 5.91 Å². The van der Waals surface area contributed by atoms with E-state index in [1.165, 1.54) is 0 Å². The van der Waals surface area contributed by atoms with Gasteiger partial charge in [0.25, 0.3) is 5.91 Å². The van der Waals surface area contributed by atoms with E-state index in [0.717, 1.165) is 28.7 Å². The molecule has 0 aromatic heterocycles. The lowest BCUT2D eigenvalue weighted by Gasteiger charge is -2.31. The van der Waals surface area contributed by atoms with Crippen LogP contribution in [0.4, 0.5) is 0 Å². The topological polar surface area (TPSA) is 58.6 Å². The van der Waals surface area contributed by atoms with Gasteiger partial charge in [-0.1, -0.05) is 73.7 Å². The Morgan fingerprint density at radius 2 is 1.47 bits per heavy atom. The molecule has 1 atom stereocenters. The van der Waals surface area contributed by atoms with Crippen LogP contribution in [0.15, 0.2) is 78.9 Å². The van der Waals surface area contributed by atoms with E-state index in [1.807, 2.05) is 93.6 Å². The number of nitrogens with zero attached hydrogens (tertiary/aromatic N) is 1. The van der Waals surface area contributed by atoms with Crippen LogP contribution in [0.3, 0.4) is 0 Å². The molecule has 2 amide bonds. The van der Waals surface area contributed by atoms with Gasteiger partial charge in [0.05, 0.1) is 0 Å². The molecule has 0 saturated heterocycles. The summed E-state index contributed by atoms with van der Waals surface area (Å²) in [5.74, 6) is 0.275. The first-order valence-electron chi connectivity index (χ1n) is 11.8. The molecule has 0 radical (unpaired) electrons. The monoisotopic (exact) mass is 458 g/mol. The fraction of sp³-hybridized carbons (Fsp3) is 0.310.